The third-order valence-corrected chi connectivity index (χ3v) is 1.72. The fourth-order valence-electron chi connectivity index (χ4n) is 0.492. The molecule has 0 aliphatic carbocycles. The van der Waals surface area contributed by atoms with E-state index in [2.05, 4.69) is 0 Å². The van der Waals surface area contributed by atoms with Crippen molar-refractivity contribution in [3.63, 3.8) is 0 Å². The molecule has 0 rings (SSSR count). The molecule has 4 heteroatoms. The molecule has 0 amide bonds. The van der Waals surface area contributed by atoms with E-state index in [9.17, 15) is 4.79 Å². The summed E-state index contributed by atoms with van der Waals surface area (Å²) in [5.41, 5.74) is -0.255. The molecule has 0 atom stereocenters. The Morgan fingerprint density at radius 3 is 2.09 bits per heavy atom. The molecule has 0 aromatic rings. The van der Waals surface area contributed by atoms with Crippen LogP contribution < -0.4 is 12.4 Å². The van der Waals surface area contributed by atoms with Crippen molar-refractivity contribution in [2.75, 3.05) is 0 Å². The first-order valence-corrected chi connectivity index (χ1v) is 5.31. The molecular formula is C7H11ClO2Zn. The van der Waals surface area contributed by atoms with E-state index in [1.54, 1.807) is 5.94 Å². The molecular weight excluding hydrogens is 217 g/mol. The number of halogens is 1. The van der Waals surface area contributed by atoms with Crippen LogP contribution in [0, 0.1) is 0 Å². The first-order valence-electron chi connectivity index (χ1n) is 3.22. The van der Waals surface area contributed by atoms with Crippen LogP contribution in [-0.4, -0.2) is 11.5 Å². The Labute approximate surface area is 83.5 Å². The Morgan fingerprint density at radius 2 is 2.00 bits per heavy atom. The van der Waals surface area contributed by atoms with Crippen molar-refractivity contribution < 1.29 is 40.2 Å². The molecule has 0 bridgehead atoms. The summed E-state index contributed by atoms with van der Waals surface area (Å²) in [6, 6.07) is 0. The van der Waals surface area contributed by atoms with Crippen molar-refractivity contribution in [1.29, 1.82) is 0 Å². The quantitative estimate of drug-likeness (QED) is 0.326. The van der Waals surface area contributed by atoms with E-state index in [0.717, 1.165) is 23.3 Å². The van der Waals surface area contributed by atoms with Gasteiger partial charge in [0.25, 0.3) is 0 Å². The molecule has 2 nitrogen and oxygen atoms in total. The number of carbonyl (C=O) groups excluding carboxylic acids is 1. The van der Waals surface area contributed by atoms with Crippen LogP contribution in [0.1, 0.15) is 20.8 Å². The largest absolute Gasteiger partial charge is 1.00 e. The number of hydrogen-bond acceptors (Lipinski definition) is 2. The molecule has 0 aliphatic rings. The van der Waals surface area contributed by atoms with E-state index in [4.69, 9.17) is 4.74 Å². The zero-order valence-corrected chi connectivity index (χ0v) is 10.8. The second-order valence-electron chi connectivity index (χ2n) is 2.99. The monoisotopic (exact) mass is 226 g/mol. The standard InChI is InChI=1S/C7H11O2.ClH.Zn/c1-6(5-8)9-7(2,3)4;;/h1H2,2-4H3;1H;/q;;+1/p-1. The fourth-order valence-corrected chi connectivity index (χ4v) is 0.921. The molecule has 60 valence electrons. The van der Waals surface area contributed by atoms with Crippen molar-refractivity contribution in [3.8, 4) is 0 Å². The zero-order chi connectivity index (χ0) is 8.20. The zero-order valence-electron chi connectivity index (χ0n) is 7.11. The van der Waals surface area contributed by atoms with Gasteiger partial charge in [0, 0.05) is 0 Å². The van der Waals surface area contributed by atoms with E-state index < -0.39 is 0 Å². The van der Waals surface area contributed by atoms with E-state index in [0.29, 0.717) is 5.76 Å². The van der Waals surface area contributed by atoms with Gasteiger partial charge in [-0.2, -0.15) is 0 Å². The molecule has 0 aromatic carbocycles. The molecule has 0 saturated heterocycles. The maximum absolute atomic E-state index is 10.1. The average molecular weight is 228 g/mol. The van der Waals surface area contributed by atoms with Crippen LogP contribution >= 0.6 is 0 Å². The number of allylic oxidation sites excluding steroid dienone is 1. The van der Waals surface area contributed by atoms with Gasteiger partial charge >= 0.3 is 70.9 Å². The summed E-state index contributed by atoms with van der Waals surface area (Å²) >= 11 is 1.04. The summed E-state index contributed by atoms with van der Waals surface area (Å²) in [5.74, 6) is 2.24. The van der Waals surface area contributed by atoms with Gasteiger partial charge in [-0.3, -0.25) is 0 Å². The van der Waals surface area contributed by atoms with Crippen LogP contribution in [0.5, 0.6) is 0 Å². The number of ether oxygens (including phenoxy) is 1. The Kier molecular flexibility index (Phi) is 7.20. The van der Waals surface area contributed by atoms with Gasteiger partial charge in [-0.1, -0.05) is 0 Å². The Bertz CT molecular complexity index is 156. The minimum atomic E-state index is -0.255. The van der Waals surface area contributed by atoms with Crippen LogP contribution in [-0.2, 0) is 27.8 Å². The molecule has 0 fully saturated rings. The molecule has 0 saturated carbocycles. The van der Waals surface area contributed by atoms with Crippen LogP contribution in [0.25, 0.3) is 0 Å². The molecule has 0 aromatic heterocycles. The van der Waals surface area contributed by atoms with Crippen LogP contribution in [0.3, 0.4) is 0 Å². The molecule has 11 heavy (non-hydrogen) atoms. The maximum Gasteiger partial charge on any atom is -1.00 e. The van der Waals surface area contributed by atoms with Gasteiger partial charge in [0.05, 0.1) is 0 Å². The van der Waals surface area contributed by atoms with Crippen LogP contribution in [0.15, 0.2) is 5.76 Å². The van der Waals surface area contributed by atoms with Gasteiger partial charge in [-0.15, -0.1) is 0 Å². The second kappa shape index (κ2) is 5.77. The van der Waals surface area contributed by atoms with Crippen molar-refractivity contribution in [1.82, 2.24) is 0 Å². The minimum absolute atomic E-state index is 0. The Morgan fingerprint density at radius 1 is 1.55 bits per heavy atom. The van der Waals surface area contributed by atoms with E-state index in [-0.39, 0.29) is 18.0 Å². The molecule has 0 aliphatic heterocycles. The Balaban J connectivity index is 0. The molecule has 0 heterocycles. The molecule has 0 N–H and O–H groups in total. The summed E-state index contributed by atoms with van der Waals surface area (Å²) in [6.07, 6.45) is 0. The predicted molar refractivity (Wildman–Crippen MR) is 34.9 cm³/mol. The van der Waals surface area contributed by atoms with Crippen molar-refractivity contribution in [3.05, 3.63) is 5.76 Å². The maximum atomic E-state index is 10.1. The molecule has 0 radical (unpaired) electrons. The smallest absolute Gasteiger partial charge is 1.00 e. The van der Waals surface area contributed by atoms with Crippen LogP contribution in [0.2, 0.25) is 5.02 Å². The summed E-state index contributed by atoms with van der Waals surface area (Å²) in [4.78, 5) is 10.1. The number of hydrogen-bond donors (Lipinski definition) is 0. The second-order valence-corrected chi connectivity index (χ2v) is 4.04. The number of rotatable bonds is 2. The van der Waals surface area contributed by atoms with Crippen molar-refractivity contribution >= 4 is 5.94 Å². The first kappa shape index (κ1) is 13.7. The van der Waals surface area contributed by atoms with Crippen molar-refractivity contribution in [2.45, 2.75) is 31.4 Å². The average Bonchev–Trinajstić information content (AvgIpc) is 1.81. The predicted octanol–water partition coefficient (Wildman–Crippen LogP) is -1.51. The van der Waals surface area contributed by atoms with Gasteiger partial charge in [0.2, 0.25) is 0 Å². The minimum Gasteiger partial charge on any atom is -1.00 e. The van der Waals surface area contributed by atoms with E-state index in [1.807, 2.05) is 20.8 Å². The molecule has 0 unspecified atom stereocenters. The van der Waals surface area contributed by atoms with E-state index >= 15 is 0 Å². The van der Waals surface area contributed by atoms with Crippen molar-refractivity contribution in [2.24, 2.45) is 0 Å². The van der Waals surface area contributed by atoms with Gasteiger partial charge in [-0.25, -0.2) is 0 Å². The summed E-state index contributed by atoms with van der Waals surface area (Å²) in [5, 5.41) is 0.737. The van der Waals surface area contributed by atoms with E-state index in [1.165, 1.54) is 0 Å². The molecule has 0 spiro atoms. The topological polar surface area (TPSA) is 26.3 Å². The van der Waals surface area contributed by atoms with Crippen LogP contribution in [0.4, 0.5) is 0 Å². The summed E-state index contributed by atoms with van der Waals surface area (Å²) in [7, 11) is 0. The normalized spacial score (nSPS) is 9.55. The SMILES string of the molecule is CC(C)(C)OC(=C=O)[CH2][Zn+].[Cl-]. The summed E-state index contributed by atoms with van der Waals surface area (Å²) in [6.45, 7) is 5.75. The first-order chi connectivity index (χ1) is 4.49. The summed E-state index contributed by atoms with van der Waals surface area (Å²) < 4.78 is 5.26. The third kappa shape index (κ3) is 8.07. The fraction of sp³-hybridized carbons (Fsp3) is 0.714. The van der Waals surface area contributed by atoms with Gasteiger partial charge in [0.15, 0.2) is 0 Å². The third-order valence-electron chi connectivity index (χ3n) is 0.770. The van der Waals surface area contributed by atoms with Gasteiger partial charge in [-0.05, 0) is 0 Å². The van der Waals surface area contributed by atoms with Gasteiger partial charge < -0.3 is 12.4 Å². The Hall–Kier alpha value is 0.163. The van der Waals surface area contributed by atoms with Gasteiger partial charge in [0.1, 0.15) is 0 Å².